The molecule has 0 atom stereocenters. The normalized spacial score (nSPS) is 11.1. The van der Waals surface area contributed by atoms with Gasteiger partial charge >= 0.3 is 0 Å². The Bertz CT molecular complexity index is 1390. The molecule has 0 aliphatic heterocycles. The second kappa shape index (κ2) is 7.16. The van der Waals surface area contributed by atoms with Crippen molar-refractivity contribution < 1.29 is 4.79 Å². The summed E-state index contributed by atoms with van der Waals surface area (Å²) < 4.78 is 1.88. The summed E-state index contributed by atoms with van der Waals surface area (Å²) in [5.74, 6) is -0.181. The van der Waals surface area contributed by atoms with Crippen LogP contribution in [0.15, 0.2) is 85.1 Å². The average molecular weight is 391 g/mol. The van der Waals surface area contributed by atoms with Gasteiger partial charge in [-0.05, 0) is 36.9 Å². The zero-order chi connectivity index (χ0) is 20.7. The summed E-state index contributed by atoms with van der Waals surface area (Å²) >= 11 is 0. The van der Waals surface area contributed by atoms with Crippen LogP contribution in [0.1, 0.15) is 21.6 Å². The number of amides is 1. The van der Waals surface area contributed by atoms with Gasteiger partial charge in [-0.15, -0.1) is 0 Å². The number of fused-ring (bicyclic) bond motifs is 2. The zero-order valence-electron chi connectivity index (χ0n) is 16.9. The van der Waals surface area contributed by atoms with E-state index in [-0.39, 0.29) is 5.91 Å². The largest absolute Gasteiger partial charge is 0.320 e. The minimum atomic E-state index is -0.181. The molecule has 0 fully saturated rings. The number of imidazole rings is 1. The first kappa shape index (κ1) is 18.1. The Morgan fingerprint density at radius 1 is 0.833 bits per heavy atom. The smallest absolute Gasteiger partial charge is 0.274 e. The van der Waals surface area contributed by atoms with E-state index in [2.05, 4.69) is 5.32 Å². The fourth-order valence-corrected chi connectivity index (χ4v) is 3.80. The first-order chi connectivity index (χ1) is 14.6. The number of benzene rings is 3. The van der Waals surface area contributed by atoms with E-state index < -0.39 is 0 Å². The van der Waals surface area contributed by atoms with E-state index in [9.17, 15) is 4.79 Å². The molecule has 0 saturated heterocycles. The molecule has 0 radical (unpaired) electrons. The van der Waals surface area contributed by atoms with Crippen LogP contribution >= 0.6 is 0 Å². The average Bonchev–Trinajstić information content (AvgIpc) is 3.13. The highest BCUT2D eigenvalue weighted by molar-refractivity contribution is 6.11. The molecule has 5 rings (SSSR count). The Morgan fingerprint density at radius 2 is 1.57 bits per heavy atom. The molecule has 0 bridgehead atoms. The summed E-state index contributed by atoms with van der Waals surface area (Å²) in [5.41, 5.74) is 5.90. The van der Waals surface area contributed by atoms with Crippen molar-refractivity contribution >= 4 is 28.0 Å². The lowest BCUT2D eigenvalue weighted by atomic mass is 10.1. The number of anilines is 1. The van der Waals surface area contributed by atoms with Crippen molar-refractivity contribution in [3.8, 4) is 11.3 Å². The lowest BCUT2D eigenvalue weighted by molar-refractivity contribution is 0.102. The van der Waals surface area contributed by atoms with E-state index >= 15 is 0 Å². The molecule has 1 amide bonds. The summed E-state index contributed by atoms with van der Waals surface area (Å²) in [6, 6.07) is 26.0. The molecule has 0 saturated carbocycles. The second-order valence-corrected chi connectivity index (χ2v) is 7.59. The van der Waals surface area contributed by atoms with E-state index in [1.807, 2.05) is 103 Å². The van der Waals surface area contributed by atoms with Crippen LogP contribution in [0, 0.1) is 13.8 Å². The van der Waals surface area contributed by atoms with Gasteiger partial charge in [-0.25, -0.2) is 4.98 Å². The molecule has 1 N–H and O–H groups in total. The van der Waals surface area contributed by atoms with Gasteiger partial charge in [0.15, 0.2) is 0 Å². The molecule has 4 heteroatoms. The van der Waals surface area contributed by atoms with Gasteiger partial charge in [-0.2, -0.15) is 0 Å². The maximum absolute atomic E-state index is 13.5. The number of carbonyl (C=O) groups excluding carboxylic acids is 1. The number of nitrogens with one attached hydrogen (secondary N) is 1. The minimum absolute atomic E-state index is 0.181. The number of nitrogens with zero attached hydrogens (tertiary/aromatic N) is 2. The van der Waals surface area contributed by atoms with Gasteiger partial charge in [0.05, 0.1) is 0 Å². The molecule has 0 aliphatic carbocycles. The van der Waals surface area contributed by atoms with Crippen molar-refractivity contribution in [1.82, 2.24) is 9.38 Å². The molecule has 5 aromatic rings. The topological polar surface area (TPSA) is 46.4 Å². The molecule has 0 unspecified atom stereocenters. The van der Waals surface area contributed by atoms with Crippen LogP contribution in [0.2, 0.25) is 0 Å². The van der Waals surface area contributed by atoms with Gasteiger partial charge in [0, 0.05) is 22.8 Å². The SMILES string of the molecule is Cc1ccc(-c2nc3ccc(C)cn3c2C(=O)Nc2cccc3ccccc23)cc1. The number of pyridine rings is 1. The van der Waals surface area contributed by atoms with Crippen molar-refractivity contribution in [3.63, 3.8) is 0 Å². The van der Waals surface area contributed by atoms with Gasteiger partial charge in [-0.3, -0.25) is 9.20 Å². The predicted octanol–water partition coefficient (Wildman–Crippen LogP) is 6.02. The second-order valence-electron chi connectivity index (χ2n) is 7.59. The maximum Gasteiger partial charge on any atom is 0.274 e. The number of aryl methyl sites for hydroxylation is 2. The molecule has 2 heterocycles. The van der Waals surface area contributed by atoms with Gasteiger partial charge in [0.1, 0.15) is 17.0 Å². The fraction of sp³-hybridized carbons (Fsp3) is 0.0769. The molecule has 30 heavy (non-hydrogen) atoms. The molecule has 0 spiro atoms. The fourth-order valence-electron chi connectivity index (χ4n) is 3.80. The standard InChI is InChI=1S/C26H21N3O/c1-17-10-13-20(14-11-17)24-25(29-16-18(2)12-15-23(29)28-24)26(30)27-22-9-5-7-19-6-3-4-8-21(19)22/h3-16H,1-2H3,(H,27,30). The van der Waals surface area contributed by atoms with Crippen molar-refractivity contribution in [3.05, 3.63) is 102 Å². The first-order valence-corrected chi connectivity index (χ1v) is 9.95. The Balaban J connectivity index is 1.66. The summed E-state index contributed by atoms with van der Waals surface area (Å²) in [7, 11) is 0. The Kier molecular flexibility index (Phi) is 4.32. The van der Waals surface area contributed by atoms with Crippen LogP contribution in [0.25, 0.3) is 27.7 Å². The van der Waals surface area contributed by atoms with E-state index in [0.29, 0.717) is 11.4 Å². The van der Waals surface area contributed by atoms with Crippen molar-refractivity contribution in [2.24, 2.45) is 0 Å². The molecular weight excluding hydrogens is 370 g/mol. The third-order valence-corrected chi connectivity index (χ3v) is 5.34. The summed E-state index contributed by atoms with van der Waals surface area (Å²) in [6.45, 7) is 4.06. The van der Waals surface area contributed by atoms with Crippen LogP contribution in [0.4, 0.5) is 5.69 Å². The molecule has 2 aromatic heterocycles. The van der Waals surface area contributed by atoms with Crippen molar-refractivity contribution in [1.29, 1.82) is 0 Å². The van der Waals surface area contributed by atoms with E-state index in [1.165, 1.54) is 5.56 Å². The molecule has 3 aromatic carbocycles. The quantitative estimate of drug-likeness (QED) is 0.408. The van der Waals surface area contributed by atoms with Crippen LogP contribution in [-0.2, 0) is 0 Å². The van der Waals surface area contributed by atoms with Crippen molar-refractivity contribution in [2.75, 3.05) is 5.32 Å². The zero-order valence-corrected chi connectivity index (χ0v) is 16.9. The highest BCUT2D eigenvalue weighted by Gasteiger charge is 2.21. The lowest BCUT2D eigenvalue weighted by Gasteiger charge is -2.10. The molecule has 0 aliphatic rings. The van der Waals surface area contributed by atoms with E-state index in [4.69, 9.17) is 4.98 Å². The predicted molar refractivity (Wildman–Crippen MR) is 122 cm³/mol. The van der Waals surface area contributed by atoms with Crippen LogP contribution in [-0.4, -0.2) is 15.3 Å². The van der Waals surface area contributed by atoms with Gasteiger partial charge in [-0.1, -0.05) is 72.3 Å². The van der Waals surface area contributed by atoms with Gasteiger partial charge in [0.25, 0.3) is 5.91 Å². The monoisotopic (exact) mass is 391 g/mol. The Hall–Kier alpha value is -3.92. The van der Waals surface area contributed by atoms with Crippen LogP contribution < -0.4 is 5.32 Å². The molecule has 4 nitrogen and oxygen atoms in total. The first-order valence-electron chi connectivity index (χ1n) is 9.95. The number of hydrogen-bond acceptors (Lipinski definition) is 2. The van der Waals surface area contributed by atoms with Crippen LogP contribution in [0.5, 0.6) is 0 Å². The van der Waals surface area contributed by atoms with Gasteiger partial charge in [0.2, 0.25) is 0 Å². The highest BCUT2D eigenvalue weighted by Crippen LogP contribution is 2.28. The number of aromatic nitrogens is 2. The Labute approximate surface area is 174 Å². The highest BCUT2D eigenvalue weighted by atomic mass is 16.2. The van der Waals surface area contributed by atoms with Crippen molar-refractivity contribution in [2.45, 2.75) is 13.8 Å². The summed E-state index contributed by atoms with van der Waals surface area (Å²) in [6.07, 6.45) is 1.96. The minimum Gasteiger partial charge on any atom is -0.320 e. The third kappa shape index (κ3) is 3.12. The summed E-state index contributed by atoms with van der Waals surface area (Å²) in [5, 5.41) is 5.22. The lowest BCUT2D eigenvalue weighted by Crippen LogP contribution is -2.15. The molecule has 146 valence electrons. The number of hydrogen-bond donors (Lipinski definition) is 1. The maximum atomic E-state index is 13.5. The van der Waals surface area contributed by atoms with E-state index in [1.54, 1.807) is 0 Å². The Morgan fingerprint density at radius 3 is 2.40 bits per heavy atom. The number of rotatable bonds is 3. The van der Waals surface area contributed by atoms with E-state index in [0.717, 1.165) is 33.2 Å². The van der Waals surface area contributed by atoms with Gasteiger partial charge < -0.3 is 5.32 Å². The summed E-state index contributed by atoms with van der Waals surface area (Å²) in [4.78, 5) is 18.3. The van der Waals surface area contributed by atoms with Crippen LogP contribution in [0.3, 0.4) is 0 Å². The number of carbonyl (C=O) groups is 1. The molecular formula is C26H21N3O. The third-order valence-electron chi connectivity index (χ3n) is 5.34.